The lowest BCUT2D eigenvalue weighted by molar-refractivity contribution is 0.0698. The summed E-state index contributed by atoms with van der Waals surface area (Å²) < 4.78 is 0. The smallest absolute Gasteiger partial charge is 0.336 e. The van der Waals surface area contributed by atoms with Gasteiger partial charge in [-0.2, -0.15) is 0 Å². The van der Waals surface area contributed by atoms with Gasteiger partial charge in [-0.25, -0.2) is 4.79 Å². The Hall–Kier alpha value is -2.29. The number of aromatic carboxylic acids is 1. The minimum atomic E-state index is -0.960. The molecule has 0 saturated heterocycles. The van der Waals surface area contributed by atoms with E-state index in [-0.39, 0.29) is 5.56 Å². The molecule has 0 spiro atoms. The maximum absolute atomic E-state index is 11.3. The highest BCUT2D eigenvalue weighted by atomic mass is 16.4. The molecule has 0 radical (unpaired) electrons. The fourth-order valence-corrected chi connectivity index (χ4v) is 2.07. The van der Waals surface area contributed by atoms with Crippen LogP contribution in [0.15, 0.2) is 36.4 Å². The van der Waals surface area contributed by atoms with Gasteiger partial charge in [-0.1, -0.05) is 24.3 Å². The van der Waals surface area contributed by atoms with Crippen LogP contribution < -0.4 is 5.73 Å². The molecule has 3 heteroatoms. The first-order valence-corrected chi connectivity index (χ1v) is 5.70. The highest BCUT2D eigenvalue weighted by Gasteiger charge is 2.16. The van der Waals surface area contributed by atoms with E-state index in [1.54, 1.807) is 18.2 Å². The predicted molar refractivity (Wildman–Crippen MR) is 72.7 cm³/mol. The predicted octanol–water partition coefficient (Wildman–Crippen LogP) is 3.25. The number of anilines is 1. The molecule has 3 nitrogen and oxygen atoms in total. The molecule has 3 N–H and O–H groups in total. The molecule has 2 aromatic rings. The summed E-state index contributed by atoms with van der Waals surface area (Å²) in [6.45, 7) is 3.97. The molecule has 0 bridgehead atoms. The van der Waals surface area contributed by atoms with Gasteiger partial charge in [0.25, 0.3) is 0 Å². The molecule has 18 heavy (non-hydrogen) atoms. The van der Waals surface area contributed by atoms with Crippen LogP contribution >= 0.6 is 0 Å². The van der Waals surface area contributed by atoms with Crippen molar-refractivity contribution in [2.45, 2.75) is 13.8 Å². The molecule has 2 aromatic carbocycles. The van der Waals surface area contributed by atoms with Crippen LogP contribution in [0.25, 0.3) is 11.1 Å². The molecular weight excluding hydrogens is 226 g/mol. The zero-order valence-electron chi connectivity index (χ0n) is 10.4. The van der Waals surface area contributed by atoms with Crippen LogP contribution in [0, 0.1) is 13.8 Å². The van der Waals surface area contributed by atoms with Crippen LogP contribution in [0.1, 0.15) is 21.5 Å². The van der Waals surface area contributed by atoms with E-state index in [1.165, 1.54) is 0 Å². The normalized spacial score (nSPS) is 10.3. The quantitative estimate of drug-likeness (QED) is 0.793. The van der Waals surface area contributed by atoms with E-state index < -0.39 is 5.97 Å². The number of nitrogens with two attached hydrogens (primary N) is 1. The van der Waals surface area contributed by atoms with E-state index in [0.717, 1.165) is 16.7 Å². The number of carboxylic acid groups (broad SMARTS) is 1. The van der Waals surface area contributed by atoms with E-state index in [4.69, 9.17) is 5.73 Å². The number of aryl methyl sites for hydroxylation is 1. The van der Waals surface area contributed by atoms with Crippen LogP contribution in [0.5, 0.6) is 0 Å². The highest BCUT2D eigenvalue weighted by Crippen LogP contribution is 2.33. The van der Waals surface area contributed by atoms with Gasteiger partial charge in [0, 0.05) is 11.3 Å². The van der Waals surface area contributed by atoms with Gasteiger partial charge in [-0.15, -0.1) is 0 Å². The molecule has 0 fully saturated rings. The lowest BCUT2D eigenvalue weighted by Crippen LogP contribution is -2.03. The first kappa shape index (κ1) is 12.2. The maximum Gasteiger partial charge on any atom is 0.336 e. The lowest BCUT2D eigenvalue weighted by atomic mass is 9.92. The van der Waals surface area contributed by atoms with Gasteiger partial charge in [-0.3, -0.25) is 0 Å². The summed E-state index contributed by atoms with van der Waals surface area (Å²) in [5.41, 5.74) is 10.3. The van der Waals surface area contributed by atoms with Gasteiger partial charge in [-0.05, 0) is 42.7 Å². The second-order valence-corrected chi connectivity index (χ2v) is 4.32. The van der Waals surface area contributed by atoms with Crippen molar-refractivity contribution in [2.75, 3.05) is 5.73 Å². The van der Waals surface area contributed by atoms with Gasteiger partial charge < -0.3 is 10.8 Å². The molecule has 0 atom stereocenters. The van der Waals surface area contributed by atoms with Crippen molar-refractivity contribution in [2.24, 2.45) is 0 Å². The van der Waals surface area contributed by atoms with E-state index in [1.807, 2.05) is 32.0 Å². The number of nitrogen functional groups attached to an aromatic ring is 1. The zero-order valence-corrected chi connectivity index (χ0v) is 10.4. The number of hydrogen-bond acceptors (Lipinski definition) is 2. The Morgan fingerprint density at radius 1 is 1.11 bits per heavy atom. The molecule has 0 aliphatic carbocycles. The molecule has 0 aromatic heterocycles. The van der Waals surface area contributed by atoms with Gasteiger partial charge in [0.15, 0.2) is 0 Å². The Kier molecular flexibility index (Phi) is 3.06. The van der Waals surface area contributed by atoms with E-state index in [9.17, 15) is 9.90 Å². The van der Waals surface area contributed by atoms with Crippen molar-refractivity contribution in [1.29, 1.82) is 0 Å². The summed E-state index contributed by atoms with van der Waals surface area (Å²) in [6.07, 6.45) is 0. The highest BCUT2D eigenvalue weighted by molar-refractivity contribution is 6.00. The molecule has 0 amide bonds. The van der Waals surface area contributed by atoms with Crippen molar-refractivity contribution in [3.05, 3.63) is 53.1 Å². The van der Waals surface area contributed by atoms with Crippen LogP contribution in [0.4, 0.5) is 5.69 Å². The van der Waals surface area contributed by atoms with Crippen molar-refractivity contribution in [3.8, 4) is 11.1 Å². The number of hydrogen-bond donors (Lipinski definition) is 2. The van der Waals surface area contributed by atoms with Crippen molar-refractivity contribution in [1.82, 2.24) is 0 Å². The first-order valence-electron chi connectivity index (χ1n) is 5.70. The first-order chi connectivity index (χ1) is 8.52. The van der Waals surface area contributed by atoms with E-state index in [0.29, 0.717) is 11.3 Å². The average molecular weight is 241 g/mol. The Morgan fingerprint density at radius 2 is 1.78 bits per heavy atom. The fourth-order valence-electron chi connectivity index (χ4n) is 2.07. The standard InChI is InChI=1S/C15H15NO2/c1-9-5-3-6-11(10(9)2)14-12(15(17)18)7-4-8-13(14)16/h3-8H,16H2,1-2H3,(H,17,18). The largest absolute Gasteiger partial charge is 0.478 e. The summed E-state index contributed by atoms with van der Waals surface area (Å²) >= 11 is 0. The lowest BCUT2D eigenvalue weighted by Gasteiger charge is -2.13. The van der Waals surface area contributed by atoms with Gasteiger partial charge in [0.1, 0.15) is 0 Å². The number of benzene rings is 2. The van der Waals surface area contributed by atoms with Gasteiger partial charge in [0.2, 0.25) is 0 Å². The molecule has 0 saturated carbocycles. The number of carboxylic acids is 1. The van der Waals surface area contributed by atoms with Crippen molar-refractivity contribution in [3.63, 3.8) is 0 Å². The van der Waals surface area contributed by atoms with Crippen LogP contribution in [0.2, 0.25) is 0 Å². The minimum absolute atomic E-state index is 0.240. The van der Waals surface area contributed by atoms with Crippen LogP contribution in [0.3, 0.4) is 0 Å². The Labute approximate surface area is 106 Å². The molecular formula is C15H15NO2. The summed E-state index contributed by atoms with van der Waals surface area (Å²) in [5.74, 6) is -0.960. The molecule has 0 aliphatic heterocycles. The third kappa shape index (κ3) is 1.95. The third-order valence-electron chi connectivity index (χ3n) is 3.20. The van der Waals surface area contributed by atoms with Crippen LogP contribution in [-0.4, -0.2) is 11.1 Å². The molecule has 0 heterocycles. The Balaban J connectivity index is 2.78. The topological polar surface area (TPSA) is 63.3 Å². The Bertz CT molecular complexity index is 618. The minimum Gasteiger partial charge on any atom is -0.478 e. The molecule has 0 unspecified atom stereocenters. The summed E-state index contributed by atoms with van der Waals surface area (Å²) in [5, 5.41) is 9.26. The summed E-state index contributed by atoms with van der Waals surface area (Å²) in [4.78, 5) is 11.3. The number of carbonyl (C=O) groups is 1. The number of rotatable bonds is 2. The Morgan fingerprint density at radius 3 is 2.44 bits per heavy atom. The van der Waals surface area contributed by atoms with Crippen LogP contribution in [-0.2, 0) is 0 Å². The summed E-state index contributed by atoms with van der Waals surface area (Å²) in [6, 6.07) is 10.8. The van der Waals surface area contributed by atoms with Crippen molar-refractivity contribution < 1.29 is 9.90 Å². The second-order valence-electron chi connectivity index (χ2n) is 4.32. The second kappa shape index (κ2) is 4.53. The van der Waals surface area contributed by atoms with E-state index in [2.05, 4.69) is 0 Å². The molecule has 92 valence electrons. The van der Waals surface area contributed by atoms with Crippen molar-refractivity contribution >= 4 is 11.7 Å². The SMILES string of the molecule is Cc1cccc(-c2c(N)cccc2C(=O)O)c1C. The van der Waals surface area contributed by atoms with E-state index >= 15 is 0 Å². The maximum atomic E-state index is 11.3. The monoisotopic (exact) mass is 241 g/mol. The zero-order chi connectivity index (χ0) is 13.3. The summed E-state index contributed by atoms with van der Waals surface area (Å²) in [7, 11) is 0. The average Bonchev–Trinajstić information content (AvgIpc) is 2.33. The van der Waals surface area contributed by atoms with Gasteiger partial charge >= 0.3 is 5.97 Å². The molecule has 0 aliphatic rings. The van der Waals surface area contributed by atoms with Gasteiger partial charge in [0.05, 0.1) is 5.56 Å². The molecule has 2 rings (SSSR count). The third-order valence-corrected chi connectivity index (χ3v) is 3.20. The fraction of sp³-hybridized carbons (Fsp3) is 0.133.